The Bertz CT molecular complexity index is 1050. The molecule has 0 atom stereocenters. The zero-order valence-electron chi connectivity index (χ0n) is 12.7. The van der Waals surface area contributed by atoms with E-state index in [1.165, 1.54) is 0 Å². The summed E-state index contributed by atoms with van der Waals surface area (Å²) < 4.78 is 1.79. The summed E-state index contributed by atoms with van der Waals surface area (Å²) in [4.78, 5) is 8.93. The molecule has 0 aliphatic heterocycles. The van der Waals surface area contributed by atoms with E-state index >= 15 is 0 Å². The Hall–Kier alpha value is -3.61. The van der Waals surface area contributed by atoms with Gasteiger partial charge in [0.25, 0.3) is 0 Å². The van der Waals surface area contributed by atoms with Gasteiger partial charge >= 0.3 is 0 Å². The molecule has 0 unspecified atom stereocenters. The van der Waals surface area contributed by atoms with Crippen LogP contribution in [0.5, 0.6) is 0 Å². The van der Waals surface area contributed by atoms with Crippen LogP contribution in [0, 0.1) is 0 Å². The summed E-state index contributed by atoms with van der Waals surface area (Å²) in [6, 6.07) is 11.1. The predicted octanol–water partition coefficient (Wildman–Crippen LogP) is 2.20. The van der Waals surface area contributed by atoms with Crippen molar-refractivity contribution in [3.8, 4) is 22.6 Å². The Morgan fingerprint density at radius 3 is 2.62 bits per heavy atom. The number of benzene rings is 1. The van der Waals surface area contributed by atoms with Crippen molar-refractivity contribution in [1.82, 2.24) is 19.6 Å². The summed E-state index contributed by atoms with van der Waals surface area (Å²) in [6.45, 7) is 0. The molecule has 7 nitrogen and oxygen atoms in total. The number of nitrogen functional groups attached to an aromatic ring is 3. The summed E-state index contributed by atoms with van der Waals surface area (Å²) in [5, 5.41) is 4.33. The van der Waals surface area contributed by atoms with E-state index < -0.39 is 0 Å². The van der Waals surface area contributed by atoms with Crippen molar-refractivity contribution >= 4 is 22.6 Å². The molecule has 0 radical (unpaired) electrons. The molecule has 0 saturated heterocycles. The van der Waals surface area contributed by atoms with Crippen molar-refractivity contribution < 1.29 is 0 Å². The maximum atomic E-state index is 6.07. The van der Waals surface area contributed by atoms with Crippen LogP contribution >= 0.6 is 0 Å². The molecule has 1 aromatic carbocycles. The molecule has 0 aliphatic rings. The van der Waals surface area contributed by atoms with Gasteiger partial charge in [-0.1, -0.05) is 6.07 Å². The van der Waals surface area contributed by atoms with Crippen LogP contribution < -0.4 is 17.2 Å². The van der Waals surface area contributed by atoms with Crippen LogP contribution in [0.25, 0.3) is 28.2 Å². The molecule has 0 fully saturated rings. The first-order chi connectivity index (χ1) is 11.6. The smallest absolute Gasteiger partial charge is 0.164 e. The zero-order chi connectivity index (χ0) is 16.7. The van der Waals surface area contributed by atoms with Crippen molar-refractivity contribution in [2.45, 2.75) is 0 Å². The summed E-state index contributed by atoms with van der Waals surface area (Å²) >= 11 is 0. The van der Waals surface area contributed by atoms with Gasteiger partial charge in [-0.25, -0.2) is 14.5 Å². The lowest BCUT2D eigenvalue weighted by Crippen LogP contribution is -2.03. The molecule has 0 bridgehead atoms. The Balaban J connectivity index is 1.91. The molecular weight excluding hydrogens is 302 g/mol. The Kier molecular flexibility index (Phi) is 3.06. The second-order valence-corrected chi connectivity index (χ2v) is 5.39. The number of fused-ring (bicyclic) bond motifs is 1. The van der Waals surface area contributed by atoms with Gasteiger partial charge in [0, 0.05) is 23.6 Å². The lowest BCUT2D eigenvalue weighted by Gasteiger charge is -2.11. The fourth-order valence-electron chi connectivity index (χ4n) is 2.66. The Labute approximate surface area is 137 Å². The van der Waals surface area contributed by atoms with Gasteiger partial charge in [0.2, 0.25) is 0 Å². The van der Waals surface area contributed by atoms with Gasteiger partial charge in [-0.2, -0.15) is 5.10 Å². The van der Waals surface area contributed by atoms with Crippen molar-refractivity contribution in [1.29, 1.82) is 0 Å². The van der Waals surface area contributed by atoms with E-state index in [9.17, 15) is 0 Å². The number of hydrogen-bond donors (Lipinski definition) is 3. The van der Waals surface area contributed by atoms with E-state index in [1.54, 1.807) is 29.0 Å². The first kappa shape index (κ1) is 14.0. The highest BCUT2D eigenvalue weighted by Crippen LogP contribution is 2.34. The quantitative estimate of drug-likeness (QED) is 0.487. The van der Waals surface area contributed by atoms with Gasteiger partial charge in [-0.15, -0.1) is 0 Å². The second-order valence-electron chi connectivity index (χ2n) is 5.39. The van der Waals surface area contributed by atoms with Crippen LogP contribution in [0.1, 0.15) is 0 Å². The third-order valence-corrected chi connectivity index (χ3v) is 3.89. The van der Waals surface area contributed by atoms with Gasteiger partial charge in [-0.05, 0) is 30.3 Å². The van der Waals surface area contributed by atoms with Gasteiger partial charge in [-0.3, -0.25) is 0 Å². The standard InChI is InChI=1S/C17H15N7/c18-11-4-5-12(19)16(20)15(11)17-21-7-6-13(23-17)10-9-22-24-8-2-1-3-14(10)24/h1-9H,18-20H2. The second kappa shape index (κ2) is 5.24. The topological polar surface area (TPSA) is 121 Å². The summed E-state index contributed by atoms with van der Waals surface area (Å²) in [7, 11) is 0. The van der Waals surface area contributed by atoms with Crippen LogP contribution in [0.4, 0.5) is 17.1 Å². The van der Waals surface area contributed by atoms with Crippen molar-refractivity contribution in [2.75, 3.05) is 17.2 Å². The number of hydrogen-bond acceptors (Lipinski definition) is 6. The highest BCUT2D eigenvalue weighted by Gasteiger charge is 2.15. The average molecular weight is 317 g/mol. The molecule has 24 heavy (non-hydrogen) atoms. The van der Waals surface area contributed by atoms with Crippen molar-refractivity contribution in [3.05, 3.63) is 55.0 Å². The number of aromatic nitrogens is 4. The molecule has 0 saturated carbocycles. The number of anilines is 3. The average Bonchev–Trinajstić information content (AvgIpc) is 3.03. The van der Waals surface area contributed by atoms with Crippen LogP contribution in [0.15, 0.2) is 55.0 Å². The lowest BCUT2D eigenvalue weighted by atomic mass is 10.1. The first-order valence-electron chi connectivity index (χ1n) is 7.35. The minimum atomic E-state index is 0.381. The molecule has 7 heteroatoms. The fourth-order valence-corrected chi connectivity index (χ4v) is 2.66. The summed E-state index contributed by atoms with van der Waals surface area (Å²) in [5.74, 6) is 0.435. The van der Waals surface area contributed by atoms with Crippen LogP contribution in [-0.2, 0) is 0 Å². The van der Waals surface area contributed by atoms with Crippen LogP contribution in [-0.4, -0.2) is 19.6 Å². The van der Waals surface area contributed by atoms with E-state index in [-0.39, 0.29) is 0 Å². The summed E-state index contributed by atoms with van der Waals surface area (Å²) in [6.07, 6.45) is 5.33. The Morgan fingerprint density at radius 1 is 0.917 bits per heavy atom. The highest BCUT2D eigenvalue weighted by atomic mass is 15.2. The molecular formula is C17H15N7. The lowest BCUT2D eigenvalue weighted by molar-refractivity contribution is 0.961. The number of nitrogens with zero attached hydrogens (tertiary/aromatic N) is 4. The highest BCUT2D eigenvalue weighted by molar-refractivity contribution is 5.90. The first-order valence-corrected chi connectivity index (χ1v) is 7.35. The molecule has 3 aromatic heterocycles. The molecule has 0 spiro atoms. The van der Waals surface area contributed by atoms with E-state index in [0.717, 1.165) is 16.8 Å². The number of pyridine rings is 1. The minimum Gasteiger partial charge on any atom is -0.398 e. The minimum absolute atomic E-state index is 0.381. The number of nitrogens with two attached hydrogens (primary N) is 3. The maximum absolute atomic E-state index is 6.07. The molecule has 118 valence electrons. The molecule has 6 N–H and O–H groups in total. The van der Waals surface area contributed by atoms with Crippen molar-refractivity contribution in [3.63, 3.8) is 0 Å². The monoisotopic (exact) mass is 317 g/mol. The van der Waals surface area contributed by atoms with Gasteiger partial charge in [0.05, 0.1) is 34.3 Å². The van der Waals surface area contributed by atoms with E-state index in [4.69, 9.17) is 17.2 Å². The largest absolute Gasteiger partial charge is 0.398 e. The van der Waals surface area contributed by atoms with Crippen LogP contribution in [0.3, 0.4) is 0 Å². The predicted molar refractivity (Wildman–Crippen MR) is 94.9 cm³/mol. The third-order valence-electron chi connectivity index (χ3n) is 3.89. The summed E-state index contributed by atoms with van der Waals surface area (Å²) in [5.41, 5.74) is 22.5. The van der Waals surface area contributed by atoms with Crippen molar-refractivity contribution in [2.24, 2.45) is 0 Å². The molecule has 0 amide bonds. The Morgan fingerprint density at radius 2 is 1.75 bits per heavy atom. The molecule has 0 aliphatic carbocycles. The fraction of sp³-hybridized carbons (Fsp3) is 0. The zero-order valence-corrected chi connectivity index (χ0v) is 12.7. The van der Waals surface area contributed by atoms with Crippen LogP contribution in [0.2, 0.25) is 0 Å². The van der Waals surface area contributed by atoms with E-state index in [1.807, 2.05) is 30.5 Å². The normalized spacial score (nSPS) is 11.0. The maximum Gasteiger partial charge on any atom is 0.164 e. The van der Waals surface area contributed by atoms with E-state index in [2.05, 4.69) is 15.1 Å². The molecule has 4 aromatic rings. The molecule has 3 heterocycles. The third kappa shape index (κ3) is 2.11. The van der Waals surface area contributed by atoms with Gasteiger partial charge in [0.15, 0.2) is 5.82 Å². The number of rotatable bonds is 2. The molecule has 4 rings (SSSR count). The van der Waals surface area contributed by atoms with E-state index in [0.29, 0.717) is 28.5 Å². The van der Waals surface area contributed by atoms with Gasteiger partial charge in [0.1, 0.15) is 0 Å². The SMILES string of the molecule is Nc1ccc(N)c(-c2nccc(-c3cnn4ccccc34)n2)c1N. The van der Waals surface area contributed by atoms with Gasteiger partial charge < -0.3 is 17.2 Å².